The Kier molecular flexibility index (Phi) is 10.5. The van der Waals surface area contributed by atoms with Crippen molar-refractivity contribution in [1.82, 2.24) is 0 Å². The van der Waals surface area contributed by atoms with Gasteiger partial charge in [-0.25, -0.2) is 4.39 Å². The van der Waals surface area contributed by atoms with Gasteiger partial charge in [0.25, 0.3) is 0 Å². The summed E-state index contributed by atoms with van der Waals surface area (Å²) in [6.45, 7) is 2.89. The van der Waals surface area contributed by atoms with Crippen LogP contribution in [0.15, 0.2) is 84.9 Å². The van der Waals surface area contributed by atoms with E-state index in [9.17, 15) is 4.39 Å². The minimum Gasteiger partial charge on any atom is -0.398 e. The topological polar surface area (TPSA) is 64.1 Å². The molecule has 0 saturated heterocycles. The van der Waals surface area contributed by atoms with Gasteiger partial charge in [0, 0.05) is 28.5 Å². The number of anilines is 1. The second-order valence-corrected chi connectivity index (χ2v) is 7.44. The van der Waals surface area contributed by atoms with Crippen molar-refractivity contribution in [3.8, 4) is 0 Å². The average Bonchev–Trinajstić information content (AvgIpc) is 2.83. The predicted octanol–water partition coefficient (Wildman–Crippen LogP) is 6.50. The Morgan fingerprint density at radius 1 is 1.00 bits per heavy atom. The molecule has 0 aliphatic carbocycles. The van der Waals surface area contributed by atoms with Gasteiger partial charge in [-0.15, -0.1) is 0 Å². The van der Waals surface area contributed by atoms with E-state index < -0.39 is 0 Å². The van der Waals surface area contributed by atoms with Crippen LogP contribution in [0.4, 0.5) is 10.1 Å². The van der Waals surface area contributed by atoms with Crippen molar-refractivity contribution in [3.63, 3.8) is 0 Å². The van der Waals surface area contributed by atoms with Gasteiger partial charge in [-0.05, 0) is 66.9 Å². The molecular weight excluding hydrogens is 421 g/mol. The highest BCUT2D eigenvalue weighted by Gasteiger charge is 2.10. The SMILES string of the molecule is CCCNc1ccc(F)cc1C(/C=C(\N)c1ccccc1)=C/Cc1ccccc1Cl.CN. The van der Waals surface area contributed by atoms with Crippen LogP contribution in [0, 0.1) is 5.82 Å². The van der Waals surface area contributed by atoms with Crippen molar-refractivity contribution in [1.29, 1.82) is 0 Å². The lowest BCUT2D eigenvalue weighted by Crippen LogP contribution is -2.04. The molecule has 3 aromatic carbocycles. The molecule has 0 aliphatic rings. The maximum Gasteiger partial charge on any atom is 0.123 e. The minimum atomic E-state index is -0.289. The quantitative estimate of drug-likeness (QED) is 0.342. The van der Waals surface area contributed by atoms with E-state index in [1.165, 1.54) is 13.1 Å². The summed E-state index contributed by atoms with van der Waals surface area (Å²) in [5.74, 6) is -0.289. The third-order valence-corrected chi connectivity index (χ3v) is 5.14. The highest BCUT2D eigenvalue weighted by Crippen LogP contribution is 2.29. The molecule has 0 saturated carbocycles. The summed E-state index contributed by atoms with van der Waals surface area (Å²) in [6, 6.07) is 22.3. The molecule has 3 rings (SSSR count). The molecule has 0 unspecified atom stereocenters. The number of rotatable bonds is 8. The third-order valence-electron chi connectivity index (χ3n) is 4.78. The molecule has 3 nitrogen and oxygen atoms in total. The van der Waals surface area contributed by atoms with E-state index in [-0.39, 0.29) is 5.82 Å². The van der Waals surface area contributed by atoms with Crippen molar-refractivity contribution in [2.24, 2.45) is 11.5 Å². The molecule has 0 radical (unpaired) electrons. The number of benzene rings is 3. The normalized spacial score (nSPS) is 11.5. The van der Waals surface area contributed by atoms with E-state index in [2.05, 4.69) is 18.0 Å². The summed E-state index contributed by atoms with van der Waals surface area (Å²) in [4.78, 5) is 0. The Morgan fingerprint density at radius 3 is 2.38 bits per heavy atom. The monoisotopic (exact) mass is 451 g/mol. The van der Waals surface area contributed by atoms with Crippen molar-refractivity contribution in [3.05, 3.63) is 112 Å². The van der Waals surface area contributed by atoms with Crippen LogP contribution in [0.1, 0.15) is 30.0 Å². The van der Waals surface area contributed by atoms with Crippen LogP contribution in [-0.4, -0.2) is 13.6 Å². The first-order valence-electron chi connectivity index (χ1n) is 10.7. The Morgan fingerprint density at radius 2 is 1.69 bits per heavy atom. The Hall–Kier alpha value is -3.08. The van der Waals surface area contributed by atoms with E-state index in [4.69, 9.17) is 17.3 Å². The minimum absolute atomic E-state index is 0.289. The molecule has 3 aromatic rings. The van der Waals surface area contributed by atoms with Crippen LogP contribution in [0.25, 0.3) is 11.3 Å². The maximum absolute atomic E-state index is 14.2. The van der Waals surface area contributed by atoms with Crippen molar-refractivity contribution < 1.29 is 4.39 Å². The van der Waals surface area contributed by atoms with E-state index in [1.807, 2.05) is 66.7 Å². The zero-order valence-electron chi connectivity index (χ0n) is 18.6. The zero-order valence-corrected chi connectivity index (χ0v) is 19.4. The summed E-state index contributed by atoms with van der Waals surface area (Å²) in [6.07, 6.45) is 5.52. The number of nitrogens with one attached hydrogen (secondary N) is 1. The van der Waals surface area contributed by atoms with Gasteiger partial charge in [0.1, 0.15) is 5.82 Å². The molecule has 0 atom stereocenters. The van der Waals surface area contributed by atoms with Crippen LogP contribution in [-0.2, 0) is 6.42 Å². The van der Waals surface area contributed by atoms with Crippen LogP contribution in [0.3, 0.4) is 0 Å². The van der Waals surface area contributed by atoms with Crippen LogP contribution in [0.5, 0.6) is 0 Å². The molecule has 0 aliphatic heterocycles. The van der Waals surface area contributed by atoms with Crippen LogP contribution >= 0.6 is 11.6 Å². The van der Waals surface area contributed by atoms with Gasteiger partial charge in [0.05, 0.1) is 0 Å². The average molecular weight is 452 g/mol. The smallest absolute Gasteiger partial charge is 0.123 e. The number of hydrogen-bond acceptors (Lipinski definition) is 3. The fourth-order valence-corrected chi connectivity index (χ4v) is 3.39. The Bertz CT molecular complexity index is 1050. The first-order valence-corrected chi connectivity index (χ1v) is 11.0. The van der Waals surface area contributed by atoms with E-state index in [1.54, 1.807) is 12.1 Å². The third kappa shape index (κ3) is 7.26. The second kappa shape index (κ2) is 13.4. The molecule has 32 heavy (non-hydrogen) atoms. The van der Waals surface area contributed by atoms with Gasteiger partial charge in [-0.1, -0.05) is 73.1 Å². The van der Waals surface area contributed by atoms with Gasteiger partial charge >= 0.3 is 0 Å². The molecule has 0 amide bonds. The van der Waals surface area contributed by atoms with Gasteiger partial charge in [-0.2, -0.15) is 0 Å². The predicted molar refractivity (Wildman–Crippen MR) is 137 cm³/mol. The standard InChI is InChI=1S/C26H26ClFN2.CH5N/c1-2-16-30-26-15-14-22(28)18-23(26)21(13-12-19-8-6-7-11-24(19)27)17-25(29)20-9-4-3-5-10-20;1-2/h3-11,13-15,17-18,30H,2,12,16,29H2,1H3;2H2,1H3/b21-13+,25-17-;. The van der Waals surface area contributed by atoms with Gasteiger partial charge in [0.15, 0.2) is 0 Å². The molecule has 0 aromatic heterocycles. The highest BCUT2D eigenvalue weighted by atomic mass is 35.5. The van der Waals surface area contributed by atoms with Crippen molar-refractivity contribution in [2.45, 2.75) is 19.8 Å². The van der Waals surface area contributed by atoms with Crippen molar-refractivity contribution in [2.75, 3.05) is 18.9 Å². The molecule has 5 N–H and O–H groups in total. The van der Waals surface area contributed by atoms with E-state index >= 15 is 0 Å². The molecule has 5 heteroatoms. The summed E-state index contributed by atoms with van der Waals surface area (Å²) < 4.78 is 14.2. The largest absolute Gasteiger partial charge is 0.398 e. The first kappa shape index (κ1) is 25.2. The number of hydrogen-bond donors (Lipinski definition) is 3. The van der Waals surface area contributed by atoms with Crippen LogP contribution < -0.4 is 16.8 Å². The molecule has 0 spiro atoms. The fraction of sp³-hybridized carbons (Fsp3) is 0.185. The second-order valence-electron chi connectivity index (χ2n) is 7.04. The van der Waals surface area contributed by atoms with Gasteiger partial charge in [-0.3, -0.25) is 0 Å². The number of allylic oxidation sites excluding steroid dienone is 3. The Labute approximate surface area is 195 Å². The first-order chi connectivity index (χ1) is 15.6. The maximum atomic E-state index is 14.2. The molecule has 0 bridgehead atoms. The summed E-state index contributed by atoms with van der Waals surface area (Å²) in [7, 11) is 1.50. The van der Waals surface area contributed by atoms with E-state index in [0.29, 0.717) is 17.1 Å². The molecule has 0 heterocycles. The van der Waals surface area contributed by atoms with Gasteiger partial charge < -0.3 is 16.8 Å². The molecule has 168 valence electrons. The van der Waals surface area contributed by atoms with Crippen LogP contribution in [0.2, 0.25) is 5.02 Å². The lowest BCUT2D eigenvalue weighted by atomic mass is 9.98. The molecular formula is C27H31ClFN3. The number of nitrogens with two attached hydrogens (primary N) is 2. The molecule has 0 fully saturated rings. The zero-order chi connectivity index (χ0) is 23.3. The fourth-order valence-electron chi connectivity index (χ4n) is 3.18. The Balaban J connectivity index is 0.00000176. The highest BCUT2D eigenvalue weighted by molar-refractivity contribution is 6.31. The van der Waals surface area contributed by atoms with Crippen molar-refractivity contribution >= 4 is 28.6 Å². The number of halogens is 2. The van der Waals surface area contributed by atoms with Gasteiger partial charge in [0.2, 0.25) is 0 Å². The van der Waals surface area contributed by atoms with E-state index in [0.717, 1.165) is 40.9 Å². The lowest BCUT2D eigenvalue weighted by molar-refractivity contribution is 0.627. The lowest BCUT2D eigenvalue weighted by Gasteiger charge is -2.14. The summed E-state index contributed by atoms with van der Waals surface area (Å²) in [5.41, 5.74) is 15.9. The summed E-state index contributed by atoms with van der Waals surface area (Å²) in [5, 5.41) is 4.09. The summed E-state index contributed by atoms with van der Waals surface area (Å²) >= 11 is 6.34.